The highest BCUT2D eigenvalue weighted by Crippen LogP contribution is 2.31. The third-order valence-electron chi connectivity index (χ3n) is 2.64. The van der Waals surface area contributed by atoms with Gasteiger partial charge in [0.15, 0.2) is 6.23 Å². The highest BCUT2D eigenvalue weighted by atomic mass is 32.1. The van der Waals surface area contributed by atoms with Gasteiger partial charge in [-0.05, 0) is 6.07 Å². The second kappa shape index (κ2) is 4.65. The number of nitrogens with two attached hydrogens (primary N) is 1. The second-order valence-corrected chi connectivity index (χ2v) is 4.37. The van der Waals surface area contributed by atoms with E-state index in [2.05, 4.69) is 17.6 Å². The summed E-state index contributed by atoms with van der Waals surface area (Å²) in [7, 11) is 0. The number of thiol groups is 1. The maximum absolute atomic E-state index is 11.6. The zero-order valence-corrected chi connectivity index (χ0v) is 9.70. The molecule has 0 amide bonds. The number of nitrogens with zero attached hydrogens (tertiary/aromatic N) is 2. The first-order chi connectivity index (χ1) is 8.04. The molecule has 17 heavy (non-hydrogen) atoms. The van der Waals surface area contributed by atoms with Crippen LogP contribution in [-0.2, 0) is 4.74 Å². The summed E-state index contributed by atoms with van der Waals surface area (Å²) >= 11 is 4.18. The van der Waals surface area contributed by atoms with Gasteiger partial charge in [0.2, 0.25) is 0 Å². The number of anilines is 1. The lowest BCUT2D eigenvalue weighted by Crippen LogP contribution is -2.33. The van der Waals surface area contributed by atoms with Crippen LogP contribution in [0.15, 0.2) is 17.1 Å². The largest absolute Gasteiger partial charge is 0.394 e. The van der Waals surface area contributed by atoms with Gasteiger partial charge >= 0.3 is 5.69 Å². The van der Waals surface area contributed by atoms with Gasteiger partial charge in [0.05, 0.1) is 18.0 Å². The van der Waals surface area contributed by atoms with E-state index in [0.29, 0.717) is 0 Å². The Morgan fingerprint density at radius 3 is 2.88 bits per heavy atom. The van der Waals surface area contributed by atoms with Crippen LogP contribution in [0, 0.1) is 0 Å². The molecule has 0 aliphatic carbocycles. The molecule has 4 atom stereocenters. The lowest BCUT2D eigenvalue weighted by atomic mass is 10.2. The van der Waals surface area contributed by atoms with Crippen molar-refractivity contribution in [1.29, 1.82) is 0 Å². The first-order valence-electron chi connectivity index (χ1n) is 5.01. The molecule has 0 saturated carbocycles. The molecule has 0 spiro atoms. The topological polar surface area (TPSA) is 111 Å². The van der Waals surface area contributed by atoms with E-state index in [0.717, 1.165) is 0 Å². The SMILES string of the molecule is Nc1ccn([C@@H]2O[C@H](CO)[C@H](O)[C@H]2S)c(=O)n1. The van der Waals surface area contributed by atoms with Gasteiger partial charge < -0.3 is 20.7 Å². The van der Waals surface area contributed by atoms with E-state index in [-0.39, 0.29) is 12.4 Å². The van der Waals surface area contributed by atoms with Crippen molar-refractivity contribution in [2.75, 3.05) is 12.3 Å². The van der Waals surface area contributed by atoms with Crippen LogP contribution in [0.4, 0.5) is 5.82 Å². The van der Waals surface area contributed by atoms with Crippen LogP contribution in [0.25, 0.3) is 0 Å². The number of hydrogen-bond donors (Lipinski definition) is 4. The van der Waals surface area contributed by atoms with Crippen LogP contribution in [0.3, 0.4) is 0 Å². The summed E-state index contributed by atoms with van der Waals surface area (Å²) in [4.78, 5) is 15.1. The average Bonchev–Trinajstić information content (AvgIpc) is 2.57. The highest BCUT2D eigenvalue weighted by Gasteiger charge is 2.42. The number of ether oxygens (including phenoxy) is 1. The molecule has 1 aromatic rings. The molecule has 1 aromatic heterocycles. The minimum absolute atomic E-state index is 0.110. The third kappa shape index (κ3) is 2.16. The van der Waals surface area contributed by atoms with E-state index in [4.69, 9.17) is 15.6 Å². The number of rotatable bonds is 2. The quantitative estimate of drug-likeness (QED) is 0.475. The monoisotopic (exact) mass is 259 g/mol. The molecule has 0 unspecified atom stereocenters. The summed E-state index contributed by atoms with van der Waals surface area (Å²) in [6.07, 6.45) is -1.05. The molecule has 1 fully saturated rings. The van der Waals surface area contributed by atoms with Gasteiger partial charge in [-0.15, -0.1) is 0 Å². The Morgan fingerprint density at radius 1 is 1.65 bits per heavy atom. The predicted octanol–water partition coefficient (Wildman–Crippen LogP) is -1.63. The zero-order chi connectivity index (χ0) is 12.6. The van der Waals surface area contributed by atoms with Gasteiger partial charge in [-0.1, -0.05) is 0 Å². The molecule has 94 valence electrons. The van der Waals surface area contributed by atoms with E-state index < -0.39 is 29.4 Å². The molecule has 0 radical (unpaired) electrons. The maximum atomic E-state index is 11.6. The maximum Gasteiger partial charge on any atom is 0.351 e. The fourth-order valence-electron chi connectivity index (χ4n) is 1.73. The van der Waals surface area contributed by atoms with Gasteiger partial charge in [0.1, 0.15) is 11.9 Å². The molecular weight excluding hydrogens is 246 g/mol. The molecule has 0 bridgehead atoms. The lowest BCUT2D eigenvalue weighted by molar-refractivity contribution is -0.0456. The summed E-state index contributed by atoms with van der Waals surface area (Å²) in [6.45, 7) is -0.341. The molecule has 8 heteroatoms. The molecule has 4 N–H and O–H groups in total. The summed E-state index contributed by atoms with van der Waals surface area (Å²) in [5.74, 6) is 0.110. The molecule has 7 nitrogen and oxygen atoms in total. The Morgan fingerprint density at radius 2 is 2.35 bits per heavy atom. The van der Waals surface area contributed by atoms with Crippen molar-refractivity contribution >= 4 is 18.4 Å². The van der Waals surface area contributed by atoms with Gasteiger partial charge in [0.25, 0.3) is 0 Å². The van der Waals surface area contributed by atoms with Crippen LogP contribution >= 0.6 is 12.6 Å². The lowest BCUT2D eigenvalue weighted by Gasteiger charge is -2.17. The van der Waals surface area contributed by atoms with Crippen molar-refractivity contribution < 1.29 is 14.9 Å². The van der Waals surface area contributed by atoms with E-state index in [1.807, 2.05) is 0 Å². The summed E-state index contributed by atoms with van der Waals surface area (Å²) in [5, 5.41) is 18.1. The summed E-state index contributed by atoms with van der Waals surface area (Å²) in [5.41, 5.74) is 4.78. The van der Waals surface area contributed by atoms with E-state index in [9.17, 15) is 9.90 Å². The first-order valence-corrected chi connectivity index (χ1v) is 5.53. The van der Waals surface area contributed by atoms with Gasteiger partial charge in [-0.2, -0.15) is 17.6 Å². The Kier molecular flexibility index (Phi) is 3.38. The van der Waals surface area contributed by atoms with Crippen molar-refractivity contribution in [3.63, 3.8) is 0 Å². The van der Waals surface area contributed by atoms with Gasteiger partial charge in [0, 0.05) is 6.20 Å². The van der Waals surface area contributed by atoms with Crippen molar-refractivity contribution in [1.82, 2.24) is 9.55 Å². The third-order valence-corrected chi connectivity index (χ3v) is 3.20. The standard InChI is InChI=1S/C9H13N3O4S/c10-5-1-2-12(9(15)11-5)8-7(17)6(14)4(3-13)16-8/h1-2,4,6-8,13-14,17H,3H2,(H2,10,11,15)/t4-,6+,7-,8-/m1/s1. The van der Waals surface area contributed by atoms with Crippen LogP contribution in [0.5, 0.6) is 0 Å². The number of hydrogen-bond acceptors (Lipinski definition) is 7. The zero-order valence-electron chi connectivity index (χ0n) is 8.80. The average molecular weight is 259 g/mol. The Balaban J connectivity index is 2.32. The molecule has 1 aliphatic rings. The van der Waals surface area contributed by atoms with Crippen molar-refractivity contribution in [2.24, 2.45) is 0 Å². The Bertz CT molecular complexity index is 466. The van der Waals surface area contributed by atoms with E-state index in [1.54, 1.807) is 0 Å². The molecular formula is C9H13N3O4S. The Hall–Kier alpha value is -1.09. The normalized spacial score (nSPS) is 32.9. The number of aliphatic hydroxyl groups is 2. The summed E-state index contributed by atoms with van der Waals surface area (Å²) in [6, 6.07) is 1.45. The van der Waals surface area contributed by atoms with E-state index in [1.165, 1.54) is 16.8 Å². The minimum Gasteiger partial charge on any atom is -0.394 e. The smallest absolute Gasteiger partial charge is 0.351 e. The van der Waals surface area contributed by atoms with Gasteiger partial charge in [-0.3, -0.25) is 4.57 Å². The Labute approximate surface area is 102 Å². The number of nitrogen functional groups attached to an aromatic ring is 1. The van der Waals surface area contributed by atoms with Crippen LogP contribution in [0.2, 0.25) is 0 Å². The molecule has 1 aliphatic heterocycles. The van der Waals surface area contributed by atoms with Crippen molar-refractivity contribution in [3.8, 4) is 0 Å². The molecule has 1 saturated heterocycles. The van der Waals surface area contributed by atoms with Crippen molar-refractivity contribution in [3.05, 3.63) is 22.7 Å². The predicted molar refractivity (Wildman–Crippen MR) is 62.7 cm³/mol. The number of aliphatic hydroxyl groups excluding tert-OH is 2. The van der Waals surface area contributed by atoms with Crippen LogP contribution in [-0.4, -0.2) is 43.8 Å². The van der Waals surface area contributed by atoms with Crippen molar-refractivity contribution in [2.45, 2.75) is 23.7 Å². The highest BCUT2D eigenvalue weighted by molar-refractivity contribution is 7.81. The van der Waals surface area contributed by atoms with Crippen LogP contribution < -0.4 is 11.4 Å². The second-order valence-electron chi connectivity index (χ2n) is 3.77. The van der Waals surface area contributed by atoms with Gasteiger partial charge in [-0.25, -0.2) is 4.79 Å². The fourth-order valence-corrected chi connectivity index (χ4v) is 2.14. The minimum atomic E-state index is -0.946. The van der Waals surface area contributed by atoms with Crippen LogP contribution in [0.1, 0.15) is 6.23 Å². The first kappa shape index (κ1) is 12.4. The molecule has 2 rings (SSSR count). The summed E-state index contributed by atoms with van der Waals surface area (Å²) < 4.78 is 6.54. The molecule has 2 heterocycles. The fraction of sp³-hybridized carbons (Fsp3) is 0.556. The number of aromatic nitrogens is 2. The molecule has 0 aromatic carbocycles. The van der Waals surface area contributed by atoms with E-state index >= 15 is 0 Å².